The number of nitrogens with zero attached hydrogens (tertiary/aromatic N) is 4. The van der Waals surface area contributed by atoms with Gasteiger partial charge in [-0.05, 0) is 31.5 Å². The van der Waals surface area contributed by atoms with E-state index in [-0.39, 0.29) is 12.2 Å². The molecule has 2 aromatic heterocycles. The van der Waals surface area contributed by atoms with Crippen molar-refractivity contribution >= 4 is 5.69 Å². The van der Waals surface area contributed by atoms with Gasteiger partial charge in [-0.3, -0.25) is 19.7 Å². The predicted octanol–water partition coefficient (Wildman–Crippen LogP) is 1.32. The molecule has 0 radical (unpaired) electrons. The molecule has 1 fully saturated rings. The van der Waals surface area contributed by atoms with Crippen LogP contribution in [0.25, 0.3) is 0 Å². The summed E-state index contributed by atoms with van der Waals surface area (Å²) in [5, 5.41) is 24.8. The molecule has 2 N–H and O–H groups in total. The number of hydrogen-bond acceptors (Lipinski definition) is 5. The monoisotopic (exact) mass is 305 g/mol. The number of rotatable bonds is 6. The lowest BCUT2D eigenvalue weighted by atomic mass is 10.1. The zero-order valence-electron chi connectivity index (χ0n) is 12.1. The Kier molecular flexibility index (Phi) is 4.21. The molecule has 1 saturated heterocycles. The lowest BCUT2D eigenvalue weighted by molar-refractivity contribution is -0.385. The van der Waals surface area contributed by atoms with Crippen LogP contribution in [0.3, 0.4) is 0 Å². The number of β-amino-alcohol motifs (C(OH)–C–C–N with tert-alkyl or cyclic N) is 1. The molecule has 3 heterocycles. The van der Waals surface area contributed by atoms with Gasteiger partial charge in [0.2, 0.25) is 0 Å². The molecule has 8 nitrogen and oxygen atoms in total. The molecule has 1 aliphatic rings. The highest BCUT2D eigenvalue weighted by atomic mass is 16.6. The maximum Gasteiger partial charge on any atom is 0.306 e. The number of likely N-dealkylation sites (tertiary alicyclic amines) is 1. The van der Waals surface area contributed by atoms with Crippen LogP contribution >= 0.6 is 0 Å². The first kappa shape index (κ1) is 14.7. The number of aliphatic hydroxyl groups excluding tert-OH is 1. The average Bonchev–Trinajstić information content (AvgIpc) is 3.18. The molecule has 3 rings (SSSR count). The van der Waals surface area contributed by atoms with Crippen LogP contribution in [0.1, 0.15) is 24.6 Å². The summed E-state index contributed by atoms with van der Waals surface area (Å²) in [5.74, 6) is 0. The first-order valence-electron chi connectivity index (χ1n) is 7.36. The molecule has 0 aromatic carbocycles. The minimum atomic E-state index is -0.616. The number of hydrogen-bond donors (Lipinski definition) is 2. The summed E-state index contributed by atoms with van der Waals surface area (Å²) in [7, 11) is 0. The van der Waals surface area contributed by atoms with Gasteiger partial charge in [0.25, 0.3) is 0 Å². The van der Waals surface area contributed by atoms with Crippen LogP contribution in [0.5, 0.6) is 0 Å². The molecule has 0 spiro atoms. The van der Waals surface area contributed by atoms with E-state index in [9.17, 15) is 15.2 Å². The maximum atomic E-state index is 10.6. The average molecular weight is 305 g/mol. The molecule has 0 amide bonds. The van der Waals surface area contributed by atoms with E-state index < -0.39 is 11.0 Å². The maximum absolute atomic E-state index is 10.6. The van der Waals surface area contributed by atoms with E-state index in [1.165, 1.54) is 22.8 Å². The van der Waals surface area contributed by atoms with Gasteiger partial charge in [-0.15, -0.1) is 0 Å². The Morgan fingerprint density at radius 2 is 2.41 bits per heavy atom. The summed E-state index contributed by atoms with van der Waals surface area (Å²) in [5.41, 5.74) is 1.11. The van der Waals surface area contributed by atoms with Gasteiger partial charge in [0.1, 0.15) is 12.4 Å². The number of aromatic amines is 1. The molecular formula is C14H19N5O3. The highest BCUT2D eigenvalue weighted by Crippen LogP contribution is 2.30. The van der Waals surface area contributed by atoms with Crippen molar-refractivity contribution in [1.29, 1.82) is 0 Å². The molecule has 2 aromatic rings. The largest absolute Gasteiger partial charge is 0.390 e. The zero-order chi connectivity index (χ0) is 15.5. The third-order valence-corrected chi connectivity index (χ3v) is 4.02. The van der Waals surface area contributed by atoms with Crippen molar-refractivity contribution in [3.05, 3.63) is 46.5 Å². The number of H-pyrrole nitrogens is 1. The van der Waals surface area contributed by atoms with Crippen molar-refractivity contribution < 1.29 is 10.0 Å². The Hall–Kier alpha value is -2.19. The van der Waals surface area contributed by atoms with Gasteiger partial charge in [0.15, 0.2) is 0 Å². The minimum Gasteiger partial charge on any atom is -0.390 e. The van der Waals surface area contributed by atoms with Gasteiger partial charge in [-0.2, -0.15) is 5.10 Å². The van der Waals surface area contributed by atoms with Crippen molar-refractivity contribution in [2.24, 2.45) is 0 Å². The highest BCUT2D eigenvalue weighted by molar-refractivity contribution is 5.20. The van der Waals surface area contributed by atoms with Crippen LogP contribution < -0.4 is 0 Å². The second-order valence-electron chi connectivity index (χ2n) is 5.61. The molecule has 0 bridgehead atoms. The lowest BCUT2D eigenvalue weighted by Gasteiger charge is -2.26. The van der Waals surface area contributed by atoms with E-state index in [1.807, 2.05) is 12.3 Å². The fourth-order valence-electron chi connectivity index (χ4n) is 3.04. The van der Waals surface area contributed by atoms with E-state index in [2.05, 4.69) is 21.0 Å². The van der Waals surface area contributed by atoms with Crippen LogP contribution in [-0.2, 0) is 6.54 Å². The number of nitro groups is 1. The summed E-state index contributed by atoms with van der Waals surface area (Å²) >= 11 is 0. The van der Waals surface area contributed by atoms with E-state index in [1.54, 1.807) is 0 Å². The first-order chi connectivity index (χ1) is 10.6. The number of nitrogens with one attached hydrogen (secondary N) is 1. The topological polar surface area (TPSA) is 100 Å². The molecule has 8 heteroatoms. The van der Waals surface area contributed by atoms with Gasteiger partial charge in [0, 0.05) is 24.5 Å². The van der Waals surface area contributed by atoms with Gasteiger partial charge in [0.05, 0.1) is 17.6 Å². The second-order valence-corrected chi connectivity index (χ2v) is 5.61. The second kappa shape index (κ2) is 6.29. The molecule has 118 valence electrons. The van der Waals surface area contributed by atoms with Gasteiger partial charge >= 0.3 is 5.69 Å². The van der Waals surface area contributed by atoms with Crippen molar-refractivity contribution in [2.45, 2.75) is 31.5 Å². The summed E-state index contributed by atoms with van der Waals surface area (Å²) in [6.07, 6.45) is 6.00. The SMILES string of the molecule is O=[N+]([O-])c1cnn(CC(O)CN2CCCC2c2ccc[nH]2)c1. The first-order valence-corrected chi connectivity index (χ1v) is 7.36. The van der Waals surface area contributed by atoms with Gasteiger partial charge in [-0.25, -0.2) is 0 Å². The van der Waals surface area contributed by atoms with Crippen LogP contribution in [0, 0.1) is 10.1 Å². The van der Waals surface area contributed by atoms with Crippen LogP contribution in [-0.4, -0.2) is 48.9 Å². The van der Waals surface area contributed by atoms with Crippen molar-refractivity contribution in [1.82, 2.24) is 19.7 Å². The Bertz CT molecular complexity index is 624. The van der Waals surface area contributed by atoms with Crippen LogP contribution in [0.2, 0.25) is 0 Å². The molecule has 1 aliphatic heterocycles. The third-order valence-electron chi connectivity index (χ3n) is 4.02. The molecule has 22 heavy (non-hydrogen) atoms. The standard InChI is InChI=1S/C14H19N5O3/c20-12(10-18-8-11(7-16-18)19(21)22)9-17-6-2-4-14(17)13-3-1-5-15-13/h1,3,5,7-8,12,14-15,20H,2,4,6,9-10H2. The third kappa shape index (κ3) is 3.18. The summed E-state index contributed by atoms with van der Waals surface area (Å²) in [6, 6.07) is 4.34. The smallest absolute Gasteiger partial charge is 0.306 e. The lowest BCUT2D eigenvalue weighted by Crippen LogP contribution is -2.34. The fourth-order valence-corrected chi connectivity index (χ4v) is 3.04. The molecule has 0 saturated carbocycles. The van der Waals surface area contributed by atoms with E-state index >= 15 is 0 Å². The Morgan fingerprint density at radius 3 is 3.09 bits per heavy atom. The quantitative estimate of drug-likeness (QED) is 0.619. The van der Waals surface area contributed by atoms with E-state index in [4.69, 9.17) is 0 Å². The van der Waals surface area contributed by atoms with E-state index in [0.717, 1.165) is 19.4 Å². The van der Waals surface area contributed by atoms with Crippen LogP contribution in [0.4, 0.5) is 5.69 Å². The van der Waals surface area contributed by atoms with Crippen molar-refractivity contribution in [3.8, 4) is 0 Å². The van der Waals surface area contributed by atoms with Gasteiger partial charge in [-0.1, -0.05) is 0 Å². The number of aliphatic hydroxyl groups is 1. The van der Waals surface area contributed by atoms with Crippen LogP contribution in [0.15, 0.2) is 30.7 Å². The Morgan fingerprint density at radius 1 is 1.55 bits per heavy atom. The molecule has 2 atom stereocenters. The van der Waals surface area contributed by atoms with E-state index in [0.29, 0.717) is 12.6 Å². The summed E-state index contributed by atoms with van der Waals surface area (Å²) in [6.45, 7) is 1.72. The van der Waals surface area contributed by atoms with Crippen molar-refractivity contribution in [2.75, 3.05) is 13.1 Å². The Balaban J connectivity index is 1.58. The van der Waals surface area contributed by atoms with Gasteiger partial charge < -0.3 is 10.1 Å². The molecule has 0 aliphatic carbocycles. The highest BCUT2D eigenvalue weighted by Gasteiger charge is 2.28. The molecular weight excluding hydrogens is 286 g/mol. The minimum absolute atomic E-state index is 0.0577. The summed E-state index contributed by atoms with van der Waals surface area (Å²) < 4.78 is 1.42. The molecule has 2 unspecified atom stereocenters. The zero-order valence-corrected chi connectivity index (χ0v) is 12.1. The summed E-state index contributed by atoms with van der Waals surface area (Å²) in [4.78, 5) is 15.6. The normalized spacial score (nSPS) is 20.3. The number of aromatic nitrogens is 3. The van der Waals surface area contributed by atoms with Crippen molar-refractivity contribution in [3.63, 3.8) is 0 Å². The fraction of sp³-hybridized carbons (Fsp3) is 0.500. The Labute approximate surface area is 127 Å². The predicted molar refractivity (Wildman–Crippen MR) is 79.2 cm³/mol.